The normalized spacial score (nSPS) is 12.7. The highest BCUT2D eigenvalue weighted by Gasteiger charge is 2.13. The van der Waals surface area contributed by atoms with Crippen LogP contribution < -0.4 is 0 Å². The van der Waals surface area contributed by atoms with E-state index in [0.717, 1.165) is 0 Å². The molecule has 0 aromatic rings. The molecular weight excluding hydrogens is 198 g/mol. The fourth-order valence-corrected chi connectivity index (χ4v) is 1.18. The summed E-state index contributed by atoms with van der Waals surface area (Å²) in [6.45, 7) is 6.75. The van der Waals surface area contributed by atoms with Gasteiger partial charge in [0, 0.05) is 19.7 Å². The average Bonchev–Trinajstić information content (AvgIpc) is 2.14. The molecule has 0 radical (unpaired) electrons. The van der Waals surface area contributed by atoms with E-state index in [9.17, 15) is 9.90 Å². The summed E-state index contributed by atoms with van der Waals surface area (Å²) in [7, 11) is 0. The summed E-state index contributed by atoms with van der Waals surface area (Å²) in [6.07, 6.45) is 0.945. The van der Waals surface area contributed by atoms with Gasteiger partial charge < -0.3 is 14.9 Å². The molecule has 5 nitrogen and oxygen atoms in total. The van der Waals surface area contributed by atoms with Crippen LogP contribution >= 0.6 is 0 Å². The van der Waals surface area contributed by atoms with Crippen molar-refractivity contribution in [2.75, 3.05) is 32.8 Å². The van der Waals surface area contributed by atoms with Gasteiger partial charge in [0.15, 0.2) is 0 Å². The van der Waals surface area contributed by atoms with E-state index in [1.807, 2.05) is 6.92 Å². The number of rotatable bonds is 9. The van der Waals surface area contributed by atoms with Crippen molar-refractivity contribution in [3.05, 3.63) is 12.7 Å². The summed E-state index contributed by atoms with van der Waals surface area (Å²) >= 11 is 0. The first-order valence-electron chi connectivity index (χ1n) is 4.91. The van der Waals surface area contributed by atoms with E-state index in [0.29, 0.717) is 13.2 Å². The summed E-state index contributed by atoms with van der Waals surface area (Å²) in [6, 6.07) is 0. The van der Waals surface area contributed by atoms with Crippen molar-refractivity contribution in [1.29, 1.82) is 0 Å². The molecule has 0 bridgehead atoms. The highest BCUT2D eigenvalue weighted by Crippen LogP contribution is 1.94. The number of hydrogen-bond donors (Lipinski definition) is 2. The third-order valence-corrected chi connectivity index (χ3v) is 1.73. The predicted molar refractivity (Wildman–Crippen MR) is 56.8 cm³/mol. The molecule has 0 aromatic carbocycles. The molecule has 0 saturated carbocycles. The lowest BCUT2D eigenvalue weighted by molar-refractivity contribution is -0.138. The number of hydrogen-bond acceptors (Lipinski definition) is 4. The molecule has 15 heavy (non-hydrogen) atoms. The topological polar surface area (TPSA) is 70.0 Å². The van der Waals surface area contributed by atoms with E-state index in [1.165, 1.54) is 0 Å². The standard InChI is InChI=1S/C10H19NO4/c1-3-5-11(7-10(13)14)6-9(12)8-15-4-2/h3,9,12H,1,4-8H2,2H3,(H,13,14). The Kier molecular flexibility index (Phi) is 7.89. The fourth-order valence-electron chi connectivity index (χ4n) is 1.18. The monoisotopic (exact) mass is 217 g/mol. The number of nitrogens with zero attached hydrogens (tertiary/aromatic N) is 1. The van der Waals surface area contributed by atoms with Gasteiger partial charge in [0.2, 0.25) is 0 Å². The second kappa shape index (κ2) is 8.40. The maximum absolute atomic E-state index is 10.5. The highest BCUT2D eigenvalue weighted by molar-refractivity contribution is 5.69. The molecule has 0 aliphatic heterocycles. The van der Waals surface area contributed by atoms with Gasteiger partial charge in [0.1, 0.15) is 0 Å². The molecule has 0 heterocycles. The summed E-state index contributed by atoms with van der Waals surface area (Å²) < 4.78 is 5.03. The van der Waals surface area contributed by atoms with Crippen LogP contribution in [0.2, 0.25) is 0 Å². The molecule has 2 N–H and O–H groups in total. The van der Waals surface area contributed by atoms with Gasteiger partial charge in [-0.15, -0.1) is 6.58 Å². The van der Waals surface area contributed by atoms with Crippen LogP contribution in [0.4, 0.5) is 0 Å². The summed E-state index contributed by atoms with van der Waals surface area (Å²) in [5.74, 6) is -0.916. The van der Waals surface area contributed by atoms with E-state index in [-0.39, 0.29) is 19.7 Å². The Balaban J connectivity index is 3.91. The molecule has 0 spiro atoms. The first kappa shape index (κ1) is 14.1. The van der Waals surface area contributed by atoms with Gasteiger partial charge in [0.05, 0.1) is 19.3 Å². The molecule has 0 aliphatic rings. The molecule has 88 valence electrons. The minimum atomic E-state index is -0.916. The third-order valence-electron chi connectivity index (χ3n) is 1.73. The number of aliphatic hydroxyl groups excluding tert-OH is 1. The van der Waals surface area contributed by atoms with E-state index >= 15 is 0 Å². The summed E-state index contributed by atoms with van der Waals surface area (Å²) in [5, 5.41) is 18.1. The van der Waals surface area contributed by atoms with Gasteiger partial charge in [-0.05, 0) is 6.92 Å². The minimum absolute atomic E-state index is 0.102. The number of carbonyl (C=O) groups is 1. The number of aliphatic carboxylic acids is 1. The van der Waals surface area contributed by atoms with Crippen molar-refractivity contribution >= 4 is 5.97 Å². The maximum Gasteiger partial charge on any atom is 0.317 e. The van der Waals surface area contributed by atoms with E-state index < -0.39 is 12.1 Å². The van der Waals surface area contributed by atoms with Crippen LogP contribution in [0.5, 0.6) is 0 Å². The minimum Gasteiger partial charge on any atom is -0.480 e. The first-order valence-corrected chi connectivity index (χ1v) is 4.91. The Morgan fingerprint density at radius 2 is 2.33 bits per heavy atom. The van der Waals surface area contributed by atoms with Crippen LogP contribution in [0.3, 0.4) is 0 Å². The molecular formula is C10H19NO4. The molecule has 1 unspecified atom stereocenters. The van der Waals surface area contributed by atoms with Crippen molar-refractivity contribution < 1.29 is 19.7 Å². The molecule has 5 heteroatoms. The van der Waals surface area contributed by atoms with Crippen LogP contribution in [0, 0.1) is 0 Å². The molecule has 0 rings (SSSR count). The van der Waals surface area contributed by atoms with Crippen molar-refractivity contribution in [3.63, 3.8) is 0 Å². The number of carboxylic acid groups (broad SMARTS) is 1. The van der Waals surface area contributed by atoms with Gasteiger partial charge in [-0.3, -0.25) is 9.69 Å². The largest absolute Gasteiger partial charge is 0.480 e. The maximum atomic E-state index is 10.5. The molecule has 0 amide bonds. The SMILES string of the molecule is C=CCN(CC(=O)O)CC(O)COCC. The van der Waals surface area contributed by atoms with E-state index in [2.05, 4.69) is 6.58 Å². The van der Waals surface area contributed by atoms with Crippen LogP contribution in [0.25, 0.3) is 0 Å². The van der Waals surface area contributed by atoms with Gasteiger partial charge in [-0.25, -0.2) is 0 Å². The van der Waals surface area contributed by atoms with Crippen LogP contribution in [-0.4, -0.2) is 60.0 Å². The quantitative estimate of drug-likeness (QED) is 0.530. The molecule has 1 atom stereocenters. The van der Waals surface area contributed by atoms with Crippen LogP contribution in [0.1, 0.15) is 6.92 Å². The van der Waals surface area contributed by atoms with Gasteiger partial charge in [0.25, 0.3) is 0 Å². The molecule has 0 saturated heterocycles. The zero-order valence-electron chi connectivity index (χ0n) is 9.06. The second-order valence-electron chi connectivity index (χ2n) is 3.19. The Bertz CT molecular complexity index is 196. The summed E-state index contributed by atoms with van der Waals surface area (Å²) in [5.41, 5.74) is 0. The van der Waals surface area contributed by atoms with Crippen LogP contribution in [0.15, 0.2) is 12.7 Å². The highest BCUT2D eigenvalue weighted by atomic mass is 16.5. The molecule has 0 fully saturated rings. The van der Waals surface area contributed by atoms with E-state index in [1.54, 1.807) is 11.0 Å². The smallest absolute Gasteiger partial charge is 0.317 e. The Labute approximate surface area is 90.0 Å². The second-order valence-corrected chi connectivity index (χ2v) is 3.19. The predicted octanol–water partition coefficient (Wildman–Crippen LogP) is -0.0436. The Hall–Kier alpha value is -0.910. The third kappa shape index (κ3) is 8.11. The Morgan fingerprint density at radius 3 is 2.80 bits per heavy atom. The average molecular weight is 217 g/mol. The zero-order valence-corrected chi connectivity index (χ0v) is 9.06. The Morgan fingerprint density at radius 1 is 1.67 bits per heavy atom. The first-order chi connectivity index (χ1) is 7.10. The van der Waals surface area contributed by atoms with Gasteiger partial charge in [-0.1, -0.05) is 6.08 Å². The summed E-state index contributed by atoms with van der Waals surface area (Å²) in [4.78, 5) is 12.1. The van der Waals surface area contributed by atoms with Crippen LogP contribution in [-0.2, 0) is 9.53 Å². The number of aliphatic hydroxyl groups is 1. The lowest BCUT2D eigenvalue weighted by atomic mass is 10.3. The van der Waals surface area contributed by atoms with Crippen molar-refractivity contribution in [3.8, 4) is 0 Å². The van der Waals surface area contributed by atoms with E-state index in [4.69, 9.17) is 9.84 Å². The molecule has 0 aromatic heterocycles. The van der Waals surface area contributed by atoms with Crippen molar-refractivity contribution in [2.45, 2.75) is 13.0 Å². The van der Waals surface area contributed by atoms with Crippen molar-refractivity contribution in [2.24, 2.45) is 0 Å². The lowest BCUT2D eigenvalue weighted by Crippen LogP contribution is -2.38. The van der Waals surface area contributed by atoms with Gasteiger partial charge in [-0.2, -0.15) is 0 Å². The van der Waals surface area contributed by atoms with Crippen molar-refractivity contribution in [1.82, 2.24) is 4.90 Å². The zero-order chi connectivity index (χ0) is 11.7. The fraction of sp³-hybridized carbons (Fsp3) is 0.700. The number of carboxylic acids is 1. The van der Waals surface area contributed by atoms with Gasteiger partial charge >= 0.3 is 5.97 Å². The lowest BCUT2D eigenvalue weighted by Gasteiger charge is -2.21. The number of ether oxygens (including phenoxy) is 1. The molecule has 0 aliphatic carbocycles.